The lowest BCUT2D eigenvalue weighted by Gasteiger charge is -2.18. The van der Waals surface area contributed by atoms with Crippen molar-refractivity contribution in [2.75, 3.05) is 12.8 Å². The zero-order valence-corrected chi connectivity index (χ0v) is 16.4. The van der Waals surface area contributed by atoms with E-state index in [0.717, 1.165) is 4.88 Å². The van der Waals surface area contributed by atoms with Crippen LogP contribution in [-0.2, 0) is 16.6 Å². The lowest BCUT2D eigenvalue weighted by molar-refractivity contribution is 0.469. The van der Waals surface area contributed by atoms with Crippen LogP contribution in [0.1, 0.15) is 4.88 Å². The minimum atomic E-state index is -3.66. The van der Waals surface area contributed by atoms with Crippen LogP contribution < -0.4 is 5.73 Å². The summed E-state index contributed by atoms with van der Waals surface area (Å²) < 4.78 is 28.1. The van der Waals surface area contributed by atoms with Crippen LogP contribution in [0.4, 0.5) is 5.69 Å². The van der Waals surface area contributed by atoms with Gasteiger partial charge in [-0.15, -0.1) is 11.3 Å². The first-order valence-electron chi connectivity index (χ1n) is 5.67. The van der Waals surface area contributed by atoms with Gasteiger partial charge < -0.3 is 5.73 Å². The fourth-order valence-corrected chi connectivity index (χ4v) is 6.63. The number of anilines is 1. The summed E-state index contributed by atoms with van der Waals surface area (Å²) in [7, 11) is -2.13. The van der Waals surface area contributed by atoms with Gasteiger partial charge in [0.2, 0.25) is 10.0 Å². The summed E-state index contributed by atoms with van der Waals surface area (Å²) in [6.45, 7) is 0.253. The van der Waals surface area contributed by atoms with E-state index in [1.165, 1.54) is 22.7 Å². The number of nitrogens with zero attached hydrogens (tertiary/aromatic N) is 1. The SMILES string of the molecule is CN(Cc1ccc(Cl)s1)S(=O)(=O)c1c(Br)cc(N)cc1Br. The van der Waals surface area contributed by atoms with Crippen molar-refractivity contribution in [3.63, 3.8) is 0 Å². The van der Waals surface area contributed by atoms with Gasteiger partial charge in [-0.2, -0.15) is 4.31 Å². The highest BCUT2D eigenvalue weighted by atomic mass is 79.9. The molecule has 2 rings (SSSR count). The summed E-state index contributed by atoms with van der Waals surface area (Å²) >= 11 is 13.7. The minimum Gasteiger partial charge on any atom is -0.399 e. The Hall–Kier alpha value is -0.120. The molecule has 0 spiro atoms. The van der Waals surface area contributed by atoms with Crippen molar-refractivity contribution in [1.82, 2.24) is 4.31 Å². The quantitative estimate of drug-likeness (QED) is 0.671. The van der Waals surface area contributed by atoms with Crippen LogP contribution in [0.2, 0.25) is 4.34 Å². The van der Waals surface area contributed by atoms with Crippen molar-refractivity contribution in [3.05, 3.63) is 42.4 Å². The van der Waals surface area contributed by atoms with Crippen molar-refractivity contribution in [3.8, 4) is 0 Å². The van der Waals surface area contributed by atoms with E-state index in [0.29, 0.717) is 19.0 Å². The molecule has 0 fully saturated rings. The highest BCUT2D eigenvalue weighted by Crippen LogP contribution is 2.35. The van der Waals surface area contributed by atoms with Crippen molar-refractivity contribution >= 4 is 70.5 Å². The van der Waals surface area contributed by atoms with Crippen molar-refractivity contribution in [2.45, 2.75) is 11.4 Å². The second-order valence-electron chi connectivity index (χ2n) is 4.28. The van der Waals surface area contributed by atoms with Gasteiger partial charge >= 0.3 is 0 Å². The molecule has 0 bridgehead atoms. The Bertz CT molecular complexity index is 754. The number of rotatable bonds is 4. The third-order valence-electron chi connectivity index (χ3n) is 2.70. The molecular weight excluding hydrogens is 464 g/mol. The van der Waals surface area contributed by atoms with Gasteiger partial charge in [0.25, 0.3) is 0 Å². The first-order valence-corrected chi connectivity index (χ1v) is 9.89. The van der Waals surface area contributed by atoms with Crippen LogP contribution >= 0.6 is 54.8 Å². The number of sulfonamides is 1. The zero-order valence-electron chi connectivity index (χ0n) is 10.8. The molecule has 1 aromatic carbocycles. The monoisotopic (exact) mass is 472 g/mol. The molecule has 0 aliphatic carbocycles. The number of halogens is 3. The lowest BCUT2D eigenvalue weighted by atomic mass is 10.3. The number of thiophene rings is 1. The zero-order chi connectivity index (χ0) is 15.8. The highest BCUT2D eigenvalue weighted by Gasteiger charge is 2.27. The van der Waals surface area contributed by atoms with Crippen molar-refractivity contribution < 1.29 is 8.42 Å². The fraction of sp³-hybridized carbons (Fsp3) is 0.167. The molecule has 0 amide bonds. The molecule has 0 aliphatic rings. The Balaban J connectivity index is 2.38. The smallest absolute Gasteiger partial charge is 0.245 e. The standard InChI is InChI=1S/C12H11Br2ClN2O2S2/c1-17(6-8-2-3-11(15)20-8)21(18,19)12-9(13)4-7(16)5-10(12)14/h2-5H,6,16H2,1H3. The van der Waals surface area contributed by atoms with E-state index < -0.39 is 10.0 Å². The second-order valence-corrected chi connectivity index (χ2v) is 9.77. The van der Waals surface area contributed by atoms with E-state index in [9.17, 15) is 8.42 Å². The Morgan fingerprint density at radius 1 is 1.29 bits per heavy atom. The molecule has 4 nitrogen and oxygen atoms in total. The van der Waals surface area contributed by atoms with Crippen molar-refractivity contribution in [1.29, 1.82) is 0 Å². The summed E-state index contributed by atoms with van der Waals surface area (Å²) in [5, 5.41) is 0. The molecule has 0 saturated carbocycles. The molecule has 1 heterocycles. The van der Waals surface area contributed by atoms with Gasteiger partial charge in [-0.3, -0.25) is 0 Å². The van der Waals surface area contributed by atoms with Crippen molar-refractivity contribution in [2.24, 2.45) is 0 Å². The third-order valence-corrected chi connectivity index (χ3v) is 7.59. The van der Waals surface area contributed by atoms with Crippen LogP contribution in [-0.4, -0.2) is 19.8 Å². The first-order chi connectivity index (χ1) is 9.71. The predicted octanol–water partition coefficient (Wildman–Crippen LogP) is 4.33. The van der Waals surface area contributed by atoms with Gasteiger partial charge in [-0.1, -0.05) is 11.6 Å². The van der Waals surface area contributed by atoms with Crippen LogP contribution in [0.15, 0.2) is 38.1 Å². The number of nitrogens with two attached hydrogens (primary N) is 1. The second kappa shape index (κ2) is 6.55. The van der Waals surface area contributed by atoms with E-state index in [-0.39, 0.29) is 11.4 Å². The molecule has 0 atom stereocenters. The highest BCUT2D eigenvalue weighted by molar-refractivity contribution is 9.11. The fourth-order valence-electron chi connectivity index (χ4n) is 1.72. The molecule has 0 radical (unpaired) electrons. The maximum Gasteiger partial charge on any atom is 0.245 e. The molecule has 2 aromatic rings. The summed E-state index contributed by atoms with van der Waals surface area (Å²) in [6, 6.07) is 6.68. The minimum absolute atomic E-state index is 0.154. The Kier molecular flexibility index (Phi) is 5.38. The molecule has 2 N–H and O–H groups in total. The first kappa shape index (κ1) is 17.2. The lowest BCUT2D eigenvalue weighted by Crippen LogP contribution is -2.26. The predicted molar refractivity (Wildman–Crippen MR) is 94.2 cm³/mol. The Morgan fingerprint density at radius 3 is 2.33 bits per heavy atom. The van der Waals surface area contributed by atoms with E-state index >= 15 is 0 Å². The maximum atomic E-state index is 12.7. The molecule has 9 heteroatoms. The summed E-state index contributed by atoms with van der Waals surface area (Å²) in [4.78, 5) is 1.02. The van der Waals surface area contributed by atoms with E-state index in [1.54, 1.807) is 18.2 Å². The normalized spacial score (nSPS) is 12.0. The Morgan fingerprint density at radius 2 is 1.86 bits per heavy atom. The molecule has 0 saturated heterocycles. The van der Waals surface area contributed by atoms with Crippen LogP contribution in [0.3, 0.4) is 0 Å². The number of hydrogen-bond acceptors (Lipinski definition) is 4. The summed E-state index contributed by atoms with van der Waals surface area (Å²) in [5.41, 5.74) is 6.17. The number of benzene rings is 1. The van der Waals surface area contributed by atoms with Gasteiger partial charge in [0, 0.05) is 33.1 Å². The number of nitrogen functional groups attached to an aromatic ring is 1. The van der Waals surface area contributed by atoms with E-state index in [4.69, 9.17) is 17.3 Å². The average Bonchev–Trinajstić information content (AvgIpc) is 2.72. The third kappa shape index (κ3) is 3.80. The van der Waals surface area contributed by atoms with E-state index in [2.05, 4.69) is 31.9 Å². The molecule has 114 valence electrons. The van der Waals surface area contributed by atoms with Gasteiger partial charge in [-0.05, 0) is 56.1 Å². The topological polar surface area (TPSA) is 63.4 Å². The average molecular weight is 475 g/mol. The van der Waals surface area contributed by atoms with Gasteiger partial charge in [0.1, 0.15) is 4.90 Å². The maximum absolute atomic E-state index is 12.7. The summed E-state index contributed by atoms with van der Waals surface area (Å²) in [5.74, 6) is 0. The molecule has 0 unspecified atom stereocenters. The summed E-state index contributed by atoms with van der Waals surface area (Å²) in [6.07, 6.45) is 0. The largest absolute Gasteiger partial charge is 0.399 e. The molecule has 1 aromatic heterocycles. The Labute approximate surface area is 149 Å². The van der Waals surface area contributed by atoms with Crippen LogP contribution in [0, 0.1) is 0 Å². The molecule has 21 heavy (non-hydrogen) atoms. The molecular formula is C12H11Br2ClN2O2S2. The number of hydrogen-bond donors (Lipinski definition) is 1. The molecule has 0 aliphatic heterocycles. The van der Waals surface area contributed by atoms with Gasteiger partial charge in [-0.25, -0.2) is 8.42 Å². The van der Waals surface area contributed by atoms with Crippen LogP contribution in [0.25, 0.3) is 0 Å². The van der Waals surface area contributed by atoms with Crippen LogP contribution in [0.5, 0.6) is 0 Å². The van der Waals surface area contributed by atoms with E-state index in [1.807, 2.05) is 6.07 Å². The van der Waals surface area contributed by atoms with Gasteiger partial charge in [0.05, 0.1) is 4.34 Å². The van der Waals surface area contributed by atoms with Gasteiger partial charge in [0.15, 0.2) is 0 Å².